The van der Waals surface area contributed by atoms with Crippen molar-refractivity contribution in [1.29, 1.82) is 0 Å². The minimum atomic E-state index is -0.0740. The van der Waals surface area contributed by atoms with E-state index >= 15 is 0 Å². The fourth-order valence-electron chi connectivity index (χ4n) is 4.90. The highest BCUT2D eigenvalue weighted by molar-refractivity contribution is 5.86. The molecule has 1 aliphatic carbocycles. The number of hydrogen-bond acceptors (Lipinski definition) is 2. The first kappa shape index (κ1) is 15.4. The van der Waals surface area contributed by atoms with Crippen molar-refractivity contribution in [2.45, 2.75) is 50.6 Å². The summed E-state index contributed by atoms with van der Waals surface area (Å²) >= 11 is 0. The summed E-state index contributed by atoms with van der Waals surface area (Å²) in [5.41, 5.74) is 2.42. The number of carbonyl (C=O) groups is 1. The number of benzene rings is 2. The summed E-state index contributed by atoms with van der Waals surface area (Å²) in [6.07, 6.45) is 5.16. The number of fused-ring (bicyclic) bond motifs is 1. The maximum absolute atomic E-state index is 13.0. The molecule has 0 aromatic heterocycles. The fraction of sp³-hybridized carbons (Fsp3) is 0.409. The maximum atomic E-state index is 13.0. The average molecular weight is 319 g/mol. The second kappa shape index (κ2) is 6.08. The first-order valence-electron chi connectivity index (χ1n) is 9.12. The molecule has 4 rings (SSSR count). The average Bonchev–Trinajstić information content (AvgIpc) is 2.62. The molecule has 0 N–H and O–H groups in total. The van der Waals surface area contributed by atoms with E-state index < -0.39 is 0 Å². The van der Waals surface area contributed by atoms with Gasteiger partial charge in [0.05, 0.1) is 6.04 Å². The number of nitrogens with zero attached hydrogens (tertiary/aromatic N) is 1. The lowest BCUT2D eigenvalue weighted by atomic mass is 9.65. The van der Waals surface area contributed by atoms with Crippen molar-refractivity contribution >= 4 is 11.5 Å². The summed E-state index contributed by atoms with van der Waals surface area (Å²) in [5, 5.41) is 0. The van der Waals surface area contributed by atoms with E-state index in [1.807, 2.05) is 6.07 Å². The van der Waals surface area contributed by atoms with Crippen molar-refractivity contribution < 1.29 is 4.79 Å². The number of carbonyl (C=O) groups excluding carboxylic acids is 1. The summed E-state index contributed by atoms with van der Waals surface area (Å²) in [6.45, 7) is 2.32. The molecule has 3 atom stereocenters. The van der Waals surface area contributed by atoms with Gasteiger partial charge in [-0.1, -0.05) is 61.4 Å². The van der Waals surface area contributed by atoms with Crippen molar-refractivity contribution in [3.05, 3.63) is 66.2 Å². The van der Waals surface area contributed by atoms with Gasteiger partial charge in [-0.15, -0.1) is 0 Å². The molecular formula is C22H25NO. The summed E-state index contributed by atoms with van der Waals surface area (Å²) in [7, 11) is 0. The molecule has 124 valence electrons. The van der Waals surface area contributed by atoms with Crippen molar-refractivity contribution in [3.63, 3.8) is 0 Å². The van der Waals surface area contributed by atoms with Gasteiger partial charge in [-0.05, 0) is 37.5 Å². The van der Waals surface area contributed by atoms with Gasteiger partial charge in [-0.3, -0.25) is 4.79 Å². The van der Waals surface area contributed by atoms with E-state index in [1.54, 1.807) is 0 Å². The van der Waals surface area contributed by atoms with E-state index in [9.17, 15) is 4.79 Å². The van der Waals surface area contributed by atoms with Gasteiger partial charge in [-0.25, -0.2) is 0 Å². The van der Waals surface area contributed by atoms with Gasteiger partial charge >= 0.3 is 0 Å². The van der Waals surface area contributed by atoms with Crippen LogP contribution < -0.4 is 4.90 Å². The van der Waals surface area contributed by atoms with Crippen molar-refractivity contribution in [3.8, 4) is 0 Å². The minimum absolute atomic E-state index is 0.0740. The van der Waals surface area contributed by atoms with Gasteiger partial charge in [0.25, 0.3) is 0 Å². The van der Waals surface area contributed by atoms with E-state index in [0.717, 1.165) is 12.8 Å². The van der Waals surface area contributed by atoms with Gasteiger partial charge in [0, 0.05) is 23.6 Å². The Morgan fingerprint density at radius 2 is 1.62 bits per heavy atom. The quantitative estimate of drug-likeness (QED) is 0.762. The third-order valence-electron chi connectivity index (χ3n) is 6.04. The minimum Gasteiger partial charge on any atom is -0.358 e. The molecule has 0 bridgehead atoms. The molecule has 2 aliphatic rings. The zero-order valence-electron chi connectivity index (χ0n) is 14.3. The van der Waals surface area contributed by atoms with E-state index in [-0.39, 0.29) is 17.5 Å². The first-order chi connectivity index (χ1) is 11.7. The van der Waals surface area contributed by atoms with Crippen LogP contribution in [0.2, 0.25) is 0 Å². The number of hydrogen-bond donors (Lipinski definition) is 0. The Morgan fingerprint density at radius 1 is 0.958 bits per heavy atom. The van der Waals surface area contributed by atoms with Crippen LogP contribution in [0.25, 0.3) is 0 Å². The first-order valence-corrected chi connectivity index (χ1v) is 9.12. The normalized spacial score (nSPS) is 30.0. The Morgan fingerprint density at radius 3 is 2.33 bits per heavy atom. The van der Waals surface area contributed by atoms with Crippen LogP contribution >= 0.6 is 0 Å². The van der Waals surface area contributed by atoms with Gasteiger partial charge in [0.2, 0.25) is 0 Å². The van der Waals surface area contributed by atoms with Gasteiger partial charge < -0.3 is 4.90 Å². The molecule has 2 heteroatoms. The van der Waals surface area contributed by atoms with Crippen LogP contribution in [-0.2, 0) is 4.79 Å². The van der Waals surface area contributed by atoms with Crippen molar-refractivity contribution in [1.82, 2.24) is 0 Å². The van der Waals surface area contributed by atoms with Gasteiger partial charge in [0.15, 0.2) is 0 Å². The molecule has 1 saturated heterocycles. The smallest absolute Gasteiger partial charge is 0.140 e. The highest BCUT2D eigenvalue weighted by Gasteiger charge is 2.51. The topological polar surface area (TPSA) is 20.3 Å². The van der Waals surface area contributed by atoms with Crippen molar-refractivity contribution in [2.75, 3.05) is 4.90 Å². The molecule has 2 aromatic carbocycles. The number of rotatable bonds is 2. The molecule has 1 saturated carbocycles. The molecule has 24 heavy (non-hydrogen) atoms. The lowest BCUT2D eigenvalue weighted by Gasteiger charge is -2.56. The highest BCUT2D eigenvalue weighted by atomic mass is 16.1. The lowest BCUT2D eigenvalue weighted by molar-refractivity contribution is -0.129. The van der Waals surface area contributed by atoms with Crippen LogP contribution in [0.1, 0.15) is 50.6 Å². The molecular weight excluding hydrogens is 294 g/mol. The fourth-order valence-corrected chi connectivity index (χ4v) is 4.90. The number of anilines is 1. The Bertz CT molecular complexity index is 711. The maximum Gasteiger partial charge on any atom is 0.140 e. The predicted octanol–water partition coefficient (Wildman–Crippen LogP) is 5.16. The Balaban J connectivity index is 1.84. The molecule has 0 amide bonds. The standard InChI is InChI=1S/C22H25NO/c1-22-15-9-8-14-19(22)21(24)16-20(17-10-4-2-5-11-17)23(22)18-12-6-3-7-13-18/h2-7,10-13,19-20H,8-9,14-16H2,1H3/t19-,20+,22+/m1/s1. The molecule has 1 aliphatic heterocycles. The van der Waals surface area contributed by atoms with E-state index in [0.29, 0.717) is 12.2 Å². The number of ketones is 1. The molecule has 0 radical (unpaired) electrons. The van der Waals surface area contributed by atoms with E-state index in [1.165, 1.54) is 24.1 Å². The zero-order chi connectivity index (χ0) is 16.6. The Labute approximate surface area is 144 Å². The monoisotopic (exact) mass is 319 g/mol. The SMILES string of the molecule is C[C@]12CCCC[C@@H]1C(=O)C[C@@H](c1ccccc1)N2c1ccccc1. The summed E-state index contributed by atoms with van der Waals surface area (Å²) in [5.74, 6) is 0.629. The third-order valence-corrected chi connectivity index (χ3v) is 6.04. The largest absolute Gasteiger partial charge is 0.358 e. The Kier molecular flexibility index (Phi) is 3.91. The number of Topliss-reactive ketones (excluding diaryl/α,β-unsaturated/α-hetero) is 1. The molecule has 1 heterocycles. The molecule has 2 aromatic rings. The van der Waals surface area contributed by atoms with E-state index in [4.69, 9.17) is 0 Å². The van der Waals surface area contributed by atoms with Crippen LogP contribution in [0.15, 0.2) is 60.7 Å². The van der Waals surface area contributed by atoms with Crippen LogP contribution in [0.5, 0.6) is 0 Å². The summed E-state index contributed by atoms with van der Waals surface area (Å²) in [4.78, 5) is 15.5. The second-order valence-corrected chi connectivity index (χ2v) is 7.46. The molecule has 2 nitrogen and oxygen atoms in total. The van der Waals surface area contributed by atoms with Gasteiger partial charge in [-0.2, -0.15) is 0 Å². The predicted molar refractivity (Wildman–Crippen MR) is 98.1 cm³/mol. The van der Waals surface area contributed by atoms with Crippen molar-refractivity contribution in [2.24, 2.45) is 5.92 Å². The van der Waals surface area contributed by atoms with Crippen LogP contribution in [0, 0.1) is 5.92 Å². The molecule has 0 unspecified atom stereocenters. The van der Waals surface area contributed by atoms with Crippen LogP contribution in [0.4, 0.5) is 5.69 Å². The Hall–Kier alpha value is -2.09. The van der Waals surface area contributed by atoms with Crippen LogP contribution in [0.3, 0.4) is 0 Å². The summed E-state index contributed by atoms with van der Waals surface area (Å²) < 4.78 is 0. The second-order valence-electron chi connectivity index (χ2n) is 7.46. The lowest BCUT2D eigenvalue weighted by Crippen LogP contribution is -2.61. The van der Waals surface area contributed by atoms with Gasteiger partial charge in [0.1, 0.15) is 5.78 Å². The van der Waals surface area contributed by atoms with Crippen LogP contribution in [-0.4, -0.2) is 11.3 Å². The molecule has 2 fully saturated rings. The summed E-state index contributed by atoms with van der Waals surface area (Å²) in [6, 6.07) is 21.4. The third kappa shape index (κ3) is 2.45. The number of para-hydroxylation sites is 1. The highest BCUT2D eigenvalue weighted by Crippen LogP contribution is 2.50. The zero-order valence-corrected chi connectivity index (χ0v) is 14.3. The van der Waals surface area contributed by atoms with E-state index in [2.05, 4.69) is 66.4 Å². The number of piperidine rings is 1. The molecule has 0 spiro atoms.